The zero-order chi connectivity index (χ0) is 20.2. The number of aliphatic imine (C=N–C) groups is 1. The van der Waals surface area contributed by atoms with Gasteiger partial charge in [-0.3, -0.25) is 4.99 Å². The van der Waals surface area contributed by atoms with E-state index < -0.39 is 9.84 Å². The Kier molecular flexibility index (Phi) is 11.7. The Morgan fingerprint density at radius 3 is 2.41 bits per heavy atom. The van der Waals surface area contributed by atoms with Gasteiger partial charge in [0.1, 0.15) is 5.75 Å². The molecule has 0 fully saturated rings. The predicted molar refractivity (Wildman–Crippen MR) is 130 cm³/mol. The highest BCUT2D eigenvalue weighted by molar-refractivity contribution is 14.0. The fourth-order valence-corrected chi connectivity index (χ4v) is 4.17. The topological polar surface area (TPSA) is 79.8 Å². The summed E-state index contributed by atoms with van der Waals surface area (Å²) in [6.45, 7) is 3.67. The van der Waals surface area contributed by atoms with Crippen molar-refractivity contribution in [2.24, 2.45) is 4.99 Å². The molecule has 2 N–H and O–H groups in total. The van der Waals surface area contributed by atoms with Crippen molar-refractivity contribution in [3.63, 3.8) is 0 Å². The van der Waals surface area contributed by atoms with Crippen LogP contribution >= 0.6 is 24.0 Å². The average molecular weight is 531 g/mol. The minimum atomic E-state index is -3.12. The Labute approximate surface area is 191 Å². The standard InChI is InChI=1S/C21H29N3O3S.HI/c1-3-27-20-13-8-7-12-19(20)16-24-21(22-2)23-14-9-15-28(25,26)17-18-10-5-4-6-11-18;/h4-8,10-13H,3,9,14-17H2,1-2H3,(H2,22,23,24);1H. The van der Waals surface area contributed by atoms with E-state index in [1.165, 1.54) is 0 Å². The molecule has 6 nitrogen and oxygen atoms in total. The van der Waals surface area contributed by atoms with Crippen LogP contribution in [-0.2, 0) is 22.1 Å². The van der Waals surface area contributed by atoms with Crippen molar-refractivity contribution in [1.82, 2.24) is 10.6 Å². The molecular formula is C21H30IN3O3S. The van der Waals surface area contributed by atoms with Crippen LogP contribution in [0.15, 0.2) is 59.6 Å². The van der Waals surface area contributed by atoms with Crippen LogP contribution in [0.2, 0.25) is 0 Å². The number of benzene rings is 2. The minimum absolute atomic E-state index is 0. The number of hydrogen-bond donors (Lipinski definition) is 2. The summed E-state index contributed by atoms with van der Waals surface area (Å²) < 4.78 is 30.1. The number of rotatable bonds is 10. The van der Waals surface area contributed by atoms with E-state index in [0.29, 0.717) is 32.1 Å². The summed E-state index contributed by atoms with van der Waals surface area (Å²) in [7, 11) is -1.43. The van der Waals surface area contributed by atoms with Crippen LogP contribution in [0.3, 0.4) is 0 Å². The van der Waals surface area contributed by atoms with Gasteiger partial charge in [-0.2, -0.15) is 0 Å². The number of guanidine groups is 1. The summed E-state index contributed by atoms with van der Waals surface area (Å²) in [5.41, 5.74) is 1.86. The lowest BCUT2D eigenvalue weighted by molar-refractivity contribution is 0.336. The van der Waals surface area contributed by atoms with Gasteiger partial charge in [0.2, 0.25) is 0 Å². The van der Waals surface area contributed by atoms with Crippen molar-refractivity contribution >= 4 is 39.8 Å². The molecule has 0 bridgehead atoms. The Balaban J connectivity index is 0.00000420. The van der Waals surface area contributed by atoms with Crippen LogP contribution in [0, 0.1) is 0 Å². The lowest BCUT2D eigenvalue weighted by atomic mass is 10.2. The molecular weight excluding hydrogens is 501 g/mol. The molecule has 0 saturated heterocycles. The zero-order valence-corrected chi connectivity index (χ0v) is 20.1. The lowest BCUT2D eigenvalue weighted by Crippen LogP contribution is -2.37. The Morgan fingerprint density at radius 1 is 1.03 bits per heavy atom. The van der Waals surface area contributed by atoms with E-state index in [1.807, 2.05) is 61.5 Å². The van der Waals surface area contributed by atoms with E-state index in [9.17, 15) is 8.42 Å². The fourth-order valence-electron chi connectivity index (χ4n) is 2.74. The van der Waals surface area contributed by atoms with Gasteiger partial charge >= 0.3 is 0 Å². The maximum atomic E-state index is 12.2. The Hall–Kier alpha value is -1.81. The monoisotopic (exact) mass is 531 g/mol. The van der Waals surface area contributed by atoms with Crippen molar-refractivity contribution in [3.05, 3.63) is 65.7 Å². The number of nitrogens with zero attached hydrogens (tertiary/aromatic N) is 1. The van der Waals surface area contributed by atoms with Gasteiger partial charge < -0.3 is 15.4 Å². The SMILES string of the molecule is CCOc1ccccc1CNC(=NC)NCCCS(=O)(=O)Cc1ccccc1.I. The van der Waals surface area contributed by atoms with Crippen LogP contribution in [0.4, 0.5) is 0 Å². The van der Waals surface area contributed by atoms with Crippen molar-refractivity contribution in [2.45, 2.75) is 25.6 Å². The molecule has 0 aliphatic rings. The molecule has 0 aliphatic carbocycles. The van der Waals surface area contributed by atoms with Crippen LogP contribution in [0.25, 0.3) is 0 Å². The lowest BCUT2D eigenvalue weighted by Gasteiger charge is -2.14. The highest BCUT2D eigenvalue weighted by Crippen LogP contribution is 2.17. The van der Waals surface area contributed by atoms with Crippen molar-refractivity contribution in [1.29, 1.82) is 0 Å². The van der Waals surface area contributed by atoms with Gasteiger partial charge in [-0.1, -0.05) is 48.5 Å². The molecule has 2 aromatic rings. The molecule has 0 radical (unpaired) electrons. The van der Waals surface area contributed by atoms with Gasteiger partial charge in [-0.25, -0.2) is 8.42 Å². The Bertz CT molecular complexity index is 858. The molecule has 29 heavy (non-hydrogen) atoms. The summed E-state index contributed by atoms with van der Waals surface area (Å²) in [5.74, 6) is 1.69. The van der Waals surface area contributed by atoms with E-state index in [-0.39, 0.29) is 35.5 Å². The molecule has 0 heterocycles. The summed E-state index contributed by atoms with van der Waals surface area (Å²) >= 11 is 0. The van der Waals surface area contributed by atoms with Crippen LogP contribution < -0.4 is 15.4 Å². The van der Waals surface area contributed by atoms with Crippen molar-refractivity contribution < 1.29 is 13.2 Å². The zero-order valence-electron chi connectivity index (χ0n) is 16.9. The predicted octanol–water partition coefficient (Wildman–Crippen LogP) is 3.37. The molecule has 0 unspecified atom stereocenters. The van der Waals surface area contributed by atoms with Crippen LogP contribution in [0.1, 0.15) is 24.5 Å². The number of nitrogens with one attached hydrogen (secondary N) is 2. The van der Waals surface area contributed by atoms with Gasteiger partial charge in [0.05, 0.1) is 18.1 Å². The second kappa shape index (κ2) is 13.4. The van der Waals surface area contributed by atoms with Gasteiger partial charge in [0.25, 0.3) is 0 Å². The molecule has 0 spiro atoms. The molecule has 0 aromatic heterocycles. The van der Waals surface area contributed by atoms with Gasteiger partial charge in [-0.15, -0.1) is 24.0 Å². The first-order chi connectivity index (χ1) is 13.5. The maximum absolute atomic E-state index is 12.2. The smallest absolute Gasteiger partial charge is 0.191 e. The summed E-state index contributed by atoms with van der Waals surface area (Å²) in [6, 6.07) is 17.1. The molecule has 8 heteroatoms. The van der Waals surface area contributed by atoms with Gasteiger partial charge in [0.15, 0.2) is 15.8 Å². The maximum Gasteiger partial charge on any atom is 0.191 e. The summed E-state index contributed by atoms with van der Waals surface area (Å²) in [6.07, 6.45) is 0.519. The quantitative estimate of drug-likeness (QED) is 0.213. The third kappa shape index (κ3) is 9.49. The first-order valence-electron chi connectivity index (χ1n) is 9.43. The van der Waals surface area contributed by atoms with Crippen molar-refractivity contribution in [2.75, 3.05) is 26.0 Å². The third-order valence-corrected chi connectivity index (χ3v) is 5.78. The number of halogens is 1. The molecule has 0 amide bonds. The largest absolute Gasteiger partial charge is 0.494 e. The molecule has 2 rings (SSSR count). The molecule has 0 aliphatic heterocycles. The second-order valence-electron chi connectivity index (χ2n) is 6.32. The number of ether oxygens (including phenoxy) is 1. The summed E-state index contributed by atoms with van der Waals surface area (Å²) in [5, 5.41) is 6.39. The van der Waals surface area contributed by atoms with E-state index in [4.69, 9.17) is 4.74 Å². The Morgan fingerprint density at radius 2 is 1.72 bits per heavy atom. The molecule has 0 atom stereocenters. The van der Waals surface area contributed by atoms with E-state index in [2.05, 4.69) is 15.6 Å². The third-order valence-electron chi connectivity index (χ3n) is 4.10. The highest BCUT2D eigenvalue weighted by atomic mass is 127. The van der Waals surface area contributed by atoms with Gasteiger partial charge in [0, 0.05) is 25.7 Å². The normalized spacial score (nSPS) is 11.4. The minimum Gasteiger partial charge on any atom is -0.494 e. The van der Waals surface area contributed by atoms with Gasteiger partial charge in [-0.05, 0) is 25.0 Å². The fraction of sp³-hybridized carbons (Fsp3) is 0.381. The summed E-state index contributed by atoms with van der Waals surface area (Å²) in [4.78, 5) is 4.18. The molecule has 2 aromatic carbocycles. The van der Waals surface area contributed by atoms with Crippen LogP contribution in [0.5, 0.6) is 5.75 Å². The van der Waals surface area contributed by atoms with Crippen molar-refractivity contribution in [3.8, 4) is 5.75 Å². The van der Waals surface area contributed by atoms with Crippen LogP contribution in [-0.4, -0.2) is 40.3 Å². The molecule has 0 saturated carbocycles. The van der Waals surface area contributed by atoms with E-state index in [1.54, 1.807) is 7.05 Å². The number of para-hydroxylation sites is 1. The second-order valence-corrected chi connectivity index (χ2v) is 8.51. The molecule has 160 valence electrons. The number of hydrogen-bond acceptors (Lipinski definition) is 4. The average Bonchev–Trinajstić information content (AvgIpc) is 2.69. The first kappa shape index (κ1) is 25.2. The van der Waals surface area contributed by atoms with E-state index in [0.717, 1.165) is 16.9 Å². The highest BCUT2D eigenvalue weighted by Gasteiger charge is 2.11. The number of sulfone groups is 1. The first-order valence-corrected chi connectivity index (χ1v) is 11.3. The van der Waals surface area contributed by atoms with E-state index >= 15 is 0 Å².